The van der Waals surface area contributed by atoms with Crippen molar-refractivity contribution in [1.82, 2.24) is 10.3 Å². The van der Waals surface area contributed by atoms with Gasteiger partial charge in [0.2, 0.25) is 0 Å². The van der Waals surface area contributed by atoms with Crippen LogP contribution >= 0.6 is 24.0 Å². The number of methoxy groups -OCH3 is 2. The number of hydrogen-bond acceptors (Lipinski definition) is 5. The van der Waals surface area contributed by atoms with Gasteiger partial charge in [-0.3, -0.25) is 4.98 Å². The molecule has 0 saturated heterocycles. The van der Waals surface area contributed by atoms with Crippen molar-refractivity contribution in [3.8, 4) is 17.2 Å². The van der Waals surface area contributed by atoms with Gasteiger partial charge in [-0.05, 0) is 39.8 Å². The number of halogens is 1. The number of guanidine groups is 1. The predicted octanol–water partition coefficient (Wildman–Crippen LogP) is 4.31. The van der Waals surface area contributed by atoms with E-state index in [0.29, 0.717) is 30.6 Å². The van der Waals surface area contributed by atoms with Crippen LogP contribution in [0, 0.1) is 13.8 Å². The summed E-state index contributed by atoms with van der Waals surface area (Å²) in [5.41, 5.74) is 3.75. The third-order valence-corrected chi connectivity index (χ3v) is 4.21. The topological polar surface area (TPSA) is 77.0 Å². The van der Waals surface area contributed by atoms with Crippen LogP contribution in [-0.4, -0.2) is 38.3 Å². The molecular formula is C21H31IN4O3. The van der Waals surface area contributed by atoms with Gasteiger partial charge in [0.1, 0.15) is 5.75 Å². The number of rotatable bonds is 8. The summed E-state index contributed by atoms with van der Waals surface area (Å²) in [6, 6.07) is 5.69. The van der Waals surface area contributed by atoms with Crippen molar-refractivity contribution in [1.29, 1.82) is 0 Å². The second kappa shape index (κ2) is 12.4. The molecule has 2 rings (SSSR count). The highest BCUT2D eigenvalue weighted by atomic mass is 127. The van der Waals surface area contributed by atoms with E-state index >= 15 is 0 Å². The van der Waals surface area contributed by atoms with Crippen LogP contribution < -0.4 is 24.8 Å². The first-order valence-corrected chi connectivity index (χ1v) is 9.39. The molecule has 0 aliphatic rings. The zero-order chi connectivity index (χ0) is 20.5. The first-order chi connectivity index (χ1) is 13.5. The summed E-state index contributed by atoms with van der Waals surface area (Å²) >= 11 is 0. The SMILES string of the molecule is CCNC(=NCc1ncc(C)c(OC)c1C)Nc1ccc(OCC)c(OC)c1.I. The van der Waals surface area contributed by atoms with Gasteiger partial charge >= 0.3 is 0 Å². The number of nitrogens with zero attached hydrogens (tertiary/aromatic N) is 2. The molecule has 0 atom stereocenters. The third kappa shape index (κ3) is 6.66. The van der Waals surface area contributed by atoms with Crippen molar-refractivity contribution >= 4 is 35.6 Å². The quantitative estimate of drug-likeness (QED) is 0.311. The van der Waals surface area contributed by atoms with Gasteiger partial charge in [0.15, 0.2) is 17.5 Å². The Morgan fingerprint density at radius 2 is 1.86 bits per heavy atom. The molecule has 8 heteroatoms. The molecule has 0 fully saturated rings. The smallest absolute Gasteiger partial charge is 0.196 e. The van der Waals surface area contributed by atoms with E-state index in [1.165, 1.54) is 0 Å². The number of pyridine rings is 1. The molecule has 2 N–H and O–H groups in total. The third-order valence-electron chi connectivity index (χ3n) is 4.21. The van der Waals surface area contributed by atoms with E-state index in [0.717, 1.165) is 34.8 Å². The minimum atomic E-state index is 0. The van der Waals surface area contributed by atoms with E-state index in [9.17, 15) is 0 Å². The number of ether oxygens (including phenoxy) is 3. The van der Waals surface area contributed by atoms with E-state index in [2.05, 4.69) is 20.6 Å². The number of aliphatic imine (C=N–C) groups is 1. The maximum atomic E-state index is 5.57. The first-order valence-electron chi connectivity index (χ1n) is 9.39. The van der Waals surface area contributed by atoms with Crippen molar-refractivity contribution < 1.29 is 14.2 Å². The second-order valence-corrected chi connectivity index (χ2v) is 6.16. The lowest BCUT2D eigenvalue weighted by Gasteiger charge is -2.15. The minimum Gasteiger partial charge on any atom is -0.496 e. The van der Waals surface area contributed by atoms with Crippen molar-refractivity contribution in [3.05, 3.63) is 41.2 Å². The van der Waals surface area contributed by atoms with Crippen molar-refractivity contribution in [3.63, 3.8) is 0 Å². The maximum Gasteiger partial charge on any atom is 0.196 e. The fourth-order valence-electron chi connectivity index (χ4n) is 2.85. The van der Waals surface area contributed by atoms with Gasteiger partial charge in [-0.25, -0.2) is 4.99 Å². The number of nitrogens with one attached hydrogen (secondary N) is 2. The van der Waals surface area contributed by atoms with Crippen molar-refractivity contribution in [2.75, 3.05) is 32.7 Å². The molecule has 0 unspecified atom stereocenters. The predicted molar refractivity (Wildman–Crippen MR) is 128 cm³/mol. The molecule has 0 aliphatic heterocycles. The highest BCUT2D eigenvalue weighted by Gasteiger charge is 2.10. The first kappa shape index (κ1) is 24.8. The maximum absolute atomic E-state index is 5.57. The largest absolute Gasteiger partial charge is 0.496 e. The van der Waals surface area contributed by atoms with E-state index in [4.69, 9.17) is 14.2 Å². The van der Waals surface area contributed by atoms with E-state index in [1.54, 1.807) is 14.2 Å². The average molecular weight is 514 g/mol. The molecule has 0 spiro atoms. The van der Waals surface area contributed by atoms with Crippen LogP contribution in [0.5, 0.6) is 17.2 Å². The Labute approximate surface area is 190 Å². The molecule has 160 valence electrons. The molecule has 7 nitrogen and oxygen atoms in total. The molecule has 29 heavy (non-hydrogen) atoms. The fourth-order valence-corrected chi connectivity index (χ4v) is 2.85. The monoisotopic (exact) mass is 514 g/mol. The number of anilines is 1. The molecule has 1 aromatic heterocycles. The lowest BCUT2D eigenvalue weighted by Crippen LogP contribution is -2.30. The van der Waals surface area contributed by atoms with Gasteiger partial charge in [-0.2, -0.15) is 0 Å². The van der Waals surface area contributed by atoms with Crippen LogP contribution in [0.3, 0.4) is 0 Å². The number of benzene rings is 1. The number of aryl methyl sites for hydroxylation is 1. The van der Waals surface area contributed by atoms with E-state index in [1.807, 2.05) is 52.1 Å². The molecule has 0 amide bonds. The summed E-state index contributed by atoms with van der Waals surface area (Å²) in [6.07, 6.45) is 1.81. The lowest BCUT2D eigenvalue weighted by atomic mass is 10.1. The normalized spacial score (nSPS) is 10.8. The zero-order valence-electron chi connectivity index (χ0n) is 18.0. The molecule has 0 radical (unpaired) electrons. The highest BCUT2D eigenvalue weighted by molar-refractivity contribution is 14.0. The Morgan fingerprint density at radius 1 is 1.10 bits per heavy atom. The average Bonchev–Trinajstić information content (AvgIpc) is 2.69. The summed E-state index contributed by atoms with van der Waals surface area (Å²) in [7, 11) is 3.30. The summed E-state index contributed by atoms with van der Waals surface area (Å²) in [5.74, 6) is 2.90. The molecule has 2 aromatic rings. The number of aromatic nitrogens is 1. The van der Waals surface area contributed by atoms with E-state index in [-0.39, 0.29) is 24.0 Å². The van der Waals surface area contributed by atoms with Gasteiger partial charge in [-0.15, -0.1) is 24.0 Å². The second-order valence-electron chi connectivity index (χ2n) is 6.16. The lowest BCUT2D eigenvalue weighted by molar-refractivity contribution is 0.311. The van der Waals surface area contributed by atoms with Gasteiger partial charge in [0.25, 0.3) is 0 Å². The van der Waals surface area contributed by atoms with Crippen LogP contribution in [0.15, 0.2) is 29.4 Å². The summed E-state index contributed by atoms with van der Waals surface area (Å²) < 4.78 is 16.5. The Kier molecular flexibility index (Phi) is 10.6. The fraction of sp³-hybridized carbons (Fsp3) is 0.429. The van der Waals surface area contributed by atoms with Crippen LogP contribution in [0.4, 0.5) is 5.69 Å². The zero-order valence-corrected chi connectivity index (χ0v) is 20.3. The summed E-state index contributed by atoms with van der Waals surface area (Å²) in [5, 5.41) is 6.54. The van der Waals surface area contributed by atoms with Gasteiger partial charge in [-0.1, -0.05) is 0 Å². The Bertz CT molecular complexity index is 828. The molecule has 0 bridgehead atoms. The Balaban J connectivity index is 0.00000420. The van der Waals surface area contributed by atoms with Crippen LogP contribution in [-0.2, 0) is 6.54 Å². The molecule has 1 aromatic carbocycles. The molecule has 0 aliphatic carbocycles. The van der Waals surface area contributed by atoms with Gasteiger partial charge in [0.05, 0.1) is 33.1 Å². The molecular weight excluding hydrogens is 483 g/mol. The highest BCUT2D eigenvalue weighted by Crippen LogP contribution is 2.30. The van der Waals surface area contributed by atoms with Gasteiger partial charge in [0, 0.05) is 35.6 Å². The van der Waals surface area contributed by atoms with Crippen LogP contribution in [0.2, 0.25) is 0 Å². The Morgan fingerprint density at radius 3 is 2.48 bits per heavy atom. The van der Waals surface area contributed by atoms with Gasteiger partial charge < -0.3 is 24.8 Å². The van der Waals surface area contributed by atoms with Crippen molar-refractivity contribution in [2.24, 2.45) is 4.99 Å². The molecule has 0 saturated carbocycles. The minimum absolute atomic E-state index is 0. The summed E-state index contributed by atoms with van der Waals surface area (Å²) in [6.45, 7) is 9.71. The van der Waals surface area contributed by atoms with Crippen LogP contribution in [0.1, 0.15) is 30.7 Å². The molecule has 1 heterocycles. The van der Waals surface area contributed by atoms with E-state index < -0.39 is 0 Å². The van der Waals surface area contributed by atoms with Crippen LogP contribution in [0.25, 0.3) is 0 Å². The number of hydrogen-bond donors (Lipinski definition) is 2. The standard InChI is InChI=1S/C21H30N4O3.HI/c1-7-22-21(24-13-17-15(4)20(27-6)14(3)12-23-17)25-16-9-10-18(28-8-2)19(11-16)26-5;/h9-12H,7-8,13H2,1-6H3,(H2,22,24,25);1H. The summed E-state index contributed by atoms with van der Waals surface area (Å²) in [4.78, 5) is 9.17. The van der Waals surface area contributed by atoms with Crippen molar-refractivity contribution in [2.45, 2.75) is 34.2 Å². The Hall–Kier alpha value is -2.23.